The van der Waals surface area contributed by atoms with Crippen molar-refractivity contribution in [3.8, 4) is 0 Å². The second-order valence-electron chi connectivity index (χ2n) is 4.76. The molecule has 0 saturated heterocycles. The molecule has 0 bridgehead atoms. The SMILES string of the molecule is COC(=N)c1cccc(NC(=O)Nc2ccc(S(N)(=O)=O)cc2)c1. The molecule has 2 aromatic rings. The van der Waals surface area contributed by atoms with Crippen molar-refractivity contribution in [3.05, 3.63) is 54.1 Å². The Morgan fingerprint density at radius 1 is 1.08 bits per heavy atom. The van der Waals surface area contributed by atoms with Crippen LogP contribution < -0.4 is 15.8 Å². The number of benzene rings is 2. The zero-order valence-corrected chi connectivity index (χ0v) is 13.6. The van der Waals surface area contributed by atoms with Gasteiger partial charge in [0.05, 0.1) is 12.0 Å². The van der Waals surface area contributed by atoms with E-state index in [-0.39, 0.29) is 10.8 Å². The predicted molar refractivity (Wildman–Crippen MR) is 90.7 cm³/mol. The average molecular weight is 348 g/mol. The lowest BCUT2D eigenvalue weighted by Crippen LogP contribution is -2.20. The summed E-state index contributed by atoms with van der Waals surface area (Å²) < 4.78 is 27.2. The summed E-state index contributed by atoms with van der Waals surface area (Å²) >= 11 is 0. The number of carbonyl (C=O) groups is 1. The fourth-order valence-electron chi connectivity index (χ4n) is 1.88. The van der Waals surface area contributed by atoms with E-state index in [1.165, 1.54) is 31.4 Å². The van der Waals surface area contributed by atoms with Crippen molar-refractivity contribution in [1.29, 1.82) is 5.41 Å². The summed E-state index contributed by atoms with van der Waals surface area (Å²) in [5.74, 6) is -0.0161. The number of ether oxygens (including phenoxy) is 1. The van der Waals surface area contributed by atoms with Crippen LogP contribution in [-0.4, -0.2) is 27.5 Å². The first-order valence-corrected chi connectivity index (χ1v) is 8.28. The Balaban J connectivity index is 2.04. The van der Waals surface area contributed by atoms with Crippen LogP contribution in [0, 0.1) is 5.41 Å². The van der Waals surface area contributed by atoms with Crippen molar-refractivity contribution in [3.63, 3.8) is 0 Å². The Bertz CT molecular complexity index is 863. The number of carbonyl (C=O) groups excluding carboxylic acids is 1. The number of nitrogens with two attached hydrogens (primary N) is 1. The van der Waals surface area contributed by atoms with Gasteiger partial charge in [-0.2, -0.15) is 0 Å². The van der Waals surface area contributed by atoms with E-state index >= 15 is 0 Å². The van der Waals surface area contributed by atoms with E-state index in [9.17, 15) is 13.2 Å². The lowest BCUT2D eigenvalue weighted by Gasteiger charge is -2.09. The van der Waals surface area contributed by atoms with Crippen molar-refractivity contribution in [2.45, 2.75) is 4.90 Å². The molecule has 8 nitrogen and oxygen atoms in total. The van der Waals surface area contributed by atoms with Gasteiger partial charge in [0.25, 0.3) is 0 Å². The number of amides is 2. The van der Waals surface area contributed by atoms with Gasteiger partial charge in [-0.25, -0.2) is 18.4 Å². The molecule has 0 aliphatic rings. The lowest BCUT2D eigenvalue weighted by atomic mass is 10.2. The third-order valence-corrected chi connectivity index (χ3v) is 3.96. The minimum atomic E-state index is -3.77. The topological polar surface area (TPSA) is 134 Å². The molecule has 2 aromatic carbocycles. The molecule has 0 atom stereocenters. The van der Waals surface area contributed by atoms with Crippen LogP contribution in [0.1, 0.15) is 5.56 Å². The number of nitrogens with one attached hydrogen (secondary N) is 3. The van der Waals surface area contributed by atoms with Crippen LogP contribution >= 0.6 is 0 Å². The normalized spacial score (nSPS) is 10.8. The molecule has 0 aliphatic heterocycles. The Hall–Kier alpha value is -2.91. The fraction of sp³-hybridized carbons (Fsp3) is 0.0667. The van der Waals surface area contributed by atoms with E-state index in [1.54, 1.807) is 24.3 Å². The number of hydrogen-bond donors (Lipinski definition) is 4. The van der Waals surface area contributed by atoms with Crippen LogP contribution in [0.25, 0.3) is 0 Å². The highest BCUT2D eigenvalue weighted by molar-refractivity contribution is 7.89. The van der Waals surface area contributed by atoms with Crippen molar-refractivity contribution < 1.29 is 17.9 Å². The van der Waals surface area contributed by atoms with Gasteiger partial charge in [-0.3, -0.25) is 5.41 Å². The Kier molecular flexibility index (Phi) is 5.17. The molecular formula is C15H16N4O4S. The number of anilines is 2. The molecule has 2 amide bonds. The molecular weight excluding hydrogens is 332 g/mol. The molecule has 0 saturated carbocycles. The number of rotatable bonds is 4. The highest BCUT2D eigenvalue weighted by atomic mass is 32.2. The number of hydrogen-bond acceptors (Lipinski definition) is 5. The van der Waals surface area contributed by atoms with E-state index in [0.29, 0.717) is 16.9 Å². The van der Waals surface area contributed by atoms with Gasteiger partial charge in [0.15, 0.2) is 0 Å². The minimum absolute atomic E-state index is 0.0161. The molecule has 9 heteroatoms. The maximum absolute atomic E-state index is 12.0. The van der Waals surface area contributed by atoms with Crippen molar-refractivity contribution in [1.82, 2.24) is 0 Å². The Morgan fingerprint density at radius 2 is 1.71 bits per heavy atom. The van der Waals surface area contributed by atoms with E-state index in [2.05, 4.69) is 10.6 Å². The summed E-state index contributed by atoms with van der Waals surface area (Å²) in [5.41, 5.74) is 1.40. The van der Waals surface area contributed by atoms with Crippen molar-refractivity contribution >= 4 is 33.3 Å². The van der Waals surface area contributed by atoms with Crippen LogP contribution in [0.4, 0.5) is 16.2 Å². The summed E-state index contributed by atoms with van der Waals surface area (Å²) in [6.07, 6.45) is 0. The maximum Gasteiger partial charge on any atom is 0.323 e. The van der Waals surface area contributed by atoms with Crippen molar-refractivity contribution in [2.24, 2.45) is 5.14 Å². The predicted octanol–water partition coefficient (Wildman–Crippen LogP) is 1.95. The van der Waals surface area contributed by atoms with Crippen LogP contribution in [-0.2, 0) is 14.8 Å². The third-order valence-electron chi connectivity index (χ3n) is 3.03. The highest BCUT2D eigenvalue weighted by Gasteiger charge is 2.09. The minimum Gasteiger partial charge on any atom is -0.481 e. The molecule has 0 aromatic heterocycles. The first-order valence-electron chi connectivity index (χ1n) is 6.73. The number of primary sulfonamides is 1. The molecule has 0 aliphatic carbocycles. The second-order valence-corrected chi connectivity index (χ2v) is 6.32. The van der Waals surface area contributed by atoms with Crippen LogP contribution in [0.15, 0.2) is 53.4 Å². The monoisotopic (exact) mass is 348 g/mol. The van der Waals surface area contributed by atoms with Gasteiger partial charge in [0.2, 0.25) is 15.9 Å². The van der Waals surface area contributed by atoms with Gasteiger partial charge in [-0.15, -0.1) is 0 Å². The third kappa shape index (κ3) is 4.54. The smallest absolute Gasteiger partial charge is 0.323 e. The summed E-state index contributed by atoms with van der Waals surface area (Å²) in [4.78, 5) is 11.9. The molecule has 0 spiro atoms. The van der Waals surface area contributed by atoms with Crippen molar-refractivity contribution in [2.75, 3.05) is 17.7 Å². The van der Waals surface area contributed by atoms with E-state index in [0.717, 1.165) is 0 Å². The Morgan fingerprint density at radius 3 is 2.29 bits per heavy atom. The van der Waals surface area contributed by atoms with Gasteiger partial charge in [0, 0.05) is 16.9 Å². The van der Waals surface area contributed by atoms with E-state index in [1.807, 2.05) is 0 Å². The van der Waals surface area contributed by atoms with Gasteiger partial charge in [-0.05, 0) is 42.5 Å². The van der Waals surface area contributed by atoms with Crippen LogP contribution in [0.3, 0.4) is 0 Å². The number of sulfonamides is 1. The second kappa shape index (κ2) is 7.11. The average Bonchev–Trinajstić information content (AvgIpc) is 2.54. The molecule has 24 heavy (non-hydrogen) atoms. The molecule has 0 fully saturated rings. The fourth-order valence-corrected chi connectivity index (χ4v) is 2.39. The number of methoxy groups -OCH3 is 1. The summed E-state index contributed by atoms with van der Waals surface area (Å²) in [6, 6.07) is 11.6. The Labute approximate surface area is 139 Å². The van der Waals surface area contributed by atoms with Crippen LogP contribution in [0.5, 0.6) is 0 Å². The summed E-state index contributed by atoms with van der Waals surface area (Å²) in [7, 11) is -2.38. The van der Waals surface area contributed by atoms with Gasteiger partial charge < -0.3 is 15.4 Å². The molecule has 2 rings (SSSR count). The van der Waals surface area contributed by atoms with E-state index in [4.69, 9.17) is 15.3 Å². The first-order chi connectivity index (χ1) is 11.3. The maximum atomic E-state index is 12.0. The molecule has 126 valence electrons. The van der Waals surface area contributed by atoms with Gasteiger partial charge >= 0.3 is 6.03 Å². The molecule has 5 N–H and O–H groups in total. The summed E-state index contributed by atoms with van der Waals surface area (Å²) in [6.45, 7) is 0. The zero-order valence-electron chi connectivity index (χ0n) is 12.7. The molecule has 0 radical (unpaired) electrons. The zero-order chi connectivity index (χ0) is 17.7. The van der Waals surface area contributed by atoms with Crippen LogP contribution in [0.2, 0.25) is 0 Å². The quantitative estimate of drug-likeness (QED) is 0.496. The van der Waals surface area contributed by atoms with Gasteiger partial charge in [0.1, 0.15) is 0 Å². The summed E-state index contributed by atoms with van der Waals surface area (Å²) in [5, 5.41) is 17.8. The van der Waals surface area contributed by atoms with E-state index < -0.39 is 16.1 Å². The highest BCUT2D eigenvalue weighted by Crippen LogP contribution is 2.15. The number of urea groups is 1. The molecule has 0 heterocycles. The first kappa shape index (κ1) is 17.4. The standard InChI is InChI=1S/C15H16N4O4S/c1-23-14(16)10-3-2-4-12(9-10)19-15(20)18-11-5-7-13(8-6-11)24(17,21)22/h2-9,16H,1H3,(H2,17,21,22)(H2,18,19,20). The van der Waals surface area contributed by atoms with Gasteiger partial charge in [-0.1, -0.05) is 6.07 Å². The molecule has 0 unspecified atom stereocenters. The largest absolute Gasteiger partial charge is 0.481 e. The lowest BCUT2D eigenvalue weighted by molar-refractivity contribution is 0.262.